The van der Waals surface area contributed by atoms with Gasteiger partial charge in [-0.1, -0.05) is 115 Å². The molecule has 0 saturated heterocycles. The van der Waals surface area contributed by atoms with Crippen molar-refractivity contribution in [2.75, 3.05) is 19.8 Å². The number of aliphatic hydroxyl groups excluding tert-OH is 2. The SMILES string of the molecule is C=C(C)C(=O)ON(CCCCCC(C=O)CCC=CCCCCCCC(CCCO)(OC(=O)C(=C)C)C(N)=O)C(=O)C(CCCO)CCCCCCCC(C=O)CC=CCCCCC. The van der Waals surface area contributed by atoms with Gasteiger partial charge in [0.05, 0.1) is 6.54 Å². The van der Waals surface area contributed by atoms with E-state index in [1.54, 1.807) is 6.92 Å². The lowest BCUT2D eigenvalue weighted by molar-refractivity contribution is -0.198. The first-order chi connectivity index (χ1) is 30.8. The zero-order valence-corrected chi connectivity index (χ0v) is 40.2. The summed E-state index contributed by atoms with van der Waals surface area (Å²) >= 11 is 0. The van der Waals surface area contributed by atoms with E-state index >= 15 is 0 Å². The second-order valence-corrected chi connectivity index (χ2v) is 17.7. The smallest absolute Gasteiger partial charge is 0.358 e. The van der Waals surface area contributed by atoms with E-state index in [0.29, 0.717) is 44.9 Å². The molecule has 0 aromatic rings. The molecule has 0 aliphatic carbocycles. The molecule has 12 nitrogen and oxygen atoms in total. The third-order valence-electron chi connectivity index (χ3n) is 11.8. The summed E-state index contributed by atoms with van der Waals surface area (Å²) in [5, 5.41) is 20.0. The summed E-state index contributed by atoms with van der Waals surface area (Å²) in [7, 11) is 0. The van der Waals surface area contributed by atoms with E-state index in [-0.39, 0.29) is 61.0 Å². The van der Waals surface area contributed by atoms with Crippen LogP contribution in [0.1, 0.15) is 201 Å². The Balaban J connectivity index is 4.78. The van der Waals surface area contributed by atoms with E-state index in [9.17, 15) is 39.0 Å². The Labute approximate surface area is 386 Å². The van der Waals surface area contributed by atoms with Gasteiger partial charge < -0.3 is 35.1 Å². The number of nitrogens with zero attached hydrogens (tertiary/aromatic N) is 1. The Morgan fingerprint density at radius 2 is 1.12 bits per heavy atom. The molecule has 2 amide bonds. The fourth-order valence-corrected chi connectivity index (χ4v) is 7.63. The van der Waals surface area contributed by atoms with Crippen LogP contribution in [0, 0.1) is 17.8 Å². The zero-order chi connectivity index (χ0) is 47.9. The minimum absolute atomic E-state index is 0.0249. The van der Waals surface area contributed by atoms with Crippen LogP contribution in [0.2, 0.25) is 0 Å². The lowest BCUT2D eigenvalue weighted by Gasteiger charge is -2.30. The Kier molecular flexibility index (Phi) is 37.1. The van der Waals surface area contributed by atoms with Crippen molar-refractivity contribution in [3.8, 4) is 0 Å². The molecule has 4 unspecified atom stereocenters. The van der Waals surface area contributed by atoms with Crippen molar-refractivity contribution in [1.82, 2.24) is 5.06 Å². The highest BCUT2D eigenvalue weighted by atomic mass is 16.7. The van der Waals surface area contributed by atoms with Crippen molar-refractivity contribution in [1.29, 1.82) is 0 Å². The summed E-state index contributed by atoms with van der Waals surface area (Å²) in [6, 6.07) is 0. The topological polar surface area (TPSA) is 191 Å². The summed E-state index contributed by atoms with van der Waals surface area (Å²) in [5.74, 6) is -2.66. The van der Waals surface area contributed by atoms with Gasteiger partial charge in [-0.15, -0.1) is 0 Å². The molecule has 0 aliphatic rings. The van der Waals surface area contributed by atoms with E-state index < -0.39 is 23.4 Å². The number of hydrogen-bond acceptors (Lipinski definition) is 10. The highest BCUT2D eigenvalue weighted by Crippen LogP contribution is 2.28. The van der Waals surface area contributed by atoms with Gasteiger partial charge in [-0.25, -0.2) is 9.59 Å². The molecule has 64 heavy (non-hydrogen) atoms. The van der Waals surface area contributed by atoms with Crippen molar-refractivity contribution < 1.29 is 48.6 Å². The Hall–Kier alpha value is -3.90. The normalized spacial score (nSPS) is 13.8. The van der Waals surface area contributed by atoms with Crippen molar-refractivity contribution >= 4 is 36.3 Å². The zero-order valence-electron chi connectivity index (χ0n) is 40.2. The number of primary amides is 1. The van der Waals surface area contributed by atoms with Gasteiger partial charge in [-0.2, -0.15) is 5.06 Å². The van der Waals surface area contributed by atoms with E-state index in [1.807, 2.05) is 0 Å². The minimum atomic E-state index is -1.45. The van der Waals surface area contributed by atoms with E-state index in [2.05, 4.69) is 44.4 Å². The van der Waals surface area contributed by atoms with Gasteiger partial charge in [0.15, 0.2) is 5.60 Å². The van der Waals surface area contributed by atoms with E-state index in [4.69, 9.17) is 15.3 Å². The largest absolute Gasteiger partial charge is 0.446 e. The summed E-state index contributed by atoms with van der Waals surface area (Å²) < 4.78 is 5.49. The van der Waals surface area contributed by atoms with E-state index in [0.717, 1.165) is 122 Å². The van der Waals surface area contributed by atoms with Crippen LogP contribution in [-0.2, 0) is 38.3 Å². The molecule has 4 N–H and O–H groups in total. The maximum Gasteiger partial charge on any atom is 0.358 e. The lowest BCUT2D eigenvalue weighted by atomic mass is 9.89. The Morgan fingerprint density at radius 1 is 0.609 bits per heavy atom. The standard InChI is InChI=1S/C52H88N2O10/c1-6-7-8-9-15-21-30-45(41-57)32-23-17-14-18-25-34-47(35-28-39-55)48(59)54(64-50(61)44(4)5)38-27-20-24-33-46(42-58)31-22-16-12-10-11-13-19-26-36-52(51(53)62,37-29-40-56)63-49(60)43(2)3/h12,15-16,21,41-42,45-47,55-56H,2,4,6-11,13-14,17-20,22-40H2,1,3,5H3,(H2,53,62). The maximum atomic E-state index is 13.8. The molecule has 0 aromatic carbocycles. The molecule has 12 heteroatoms. The average molecular weight is 901 g/mol. The predicted molar refractivity (Wildman–Crippen MR) is 255 cm³/mol. The molecular weight excluding hydrogens is 813 g/mol. The molecule has 0 radical (unpaired) electrons. The summed E-state index contributed by atoms with van der Waals surface area (Å²) in [6.07, 6.45) is 32.9. The second kappa shape index (κ2) is 39.5. The number of nitrogens with two attached hydrogens (primary N) is 1. The lowest BCUT2D eigenvalue weighted by Crippen LogP contribution is -2.48. The van der Waals surface area contributed by atoms with Crippen molar-refractivity contribution in [2.24, 2.45) is 23.5 Å². The molecule has 0 bridgehead atoms. The van der Waals surface area contributed by atoms with Crippen molar-refractivity contribution in [3.63, 3.8) is 0 Å². The molecular formula is C52H88N2O10. The summed E-state index contributed by atoms with van der Waals surface area (Å²) in [6.45, 7) is 12.6. The van der Waals surface area contributed by atoms with Crippen LogP contribution >= 0.6 is 0 Å². The molecule has 366 valence electrons. The van der Waals surface area contributed by atoms with Crippen LogP contribution in [0.3, 0.4) is 0 Å². The quantitative estimate of drug-likeness (QED) is 0.0133. The minimum Gasteiger partial charge on any atom is -0.446 e. The first-order valence-electron chi connectivity index (χ1n) is 24.6. The molecule has 0 spiro atoms. The van der Waals surface area contributed by atoms with Gasteiger partial charge >= 0.3 is 11.9 Å². The third kappa shape index (κ3) is 29.5. The number of esters is 1. The first kappa shape index (κ1) is 60.1. The van der Waals surface area contributed by atoms with Gasteiger partial charge in [-0.3, -0.25) is 9.59 Å². The molecule has 0 aromatic heterocycles. The fraction of sp³-hybridized carbons (Fsp3) is 0.731. The predicted octanol–water partition coefficient (Wildman–Crippen LogP) is 10.5. The third-order valence-corrected chi connectivity index (χ3v) is 11.8. The maximum absolute atomic E-state index is 13.8. The number of aldehydes is 2. The number of allylic oxidation sites excluding steroid dienone is 4. The number of carbonyl (C=O) groups is 6. The number of rotatable bonds is 43. The molecule has 0 saturated carbocycles. The molecule has 0 heterocycles. The van der Waals surface area contributed by atoms with Gasteiger partial charge in [0.1, 0.15) is 12.6 Å². The molecule has 0 fully saturated rings. The number of amides is 2. The van der Waals surface area contributed by atoms with Crippen molar-refractivity contribution in [3.05, 3.63) is 48.6 Å². The highest BCUT2D eigenvalue weighted by Gasteiger charge is 2.40. The van der Waals surface area contributed by atoms with Crippen LogP contribution in [0.15, 0.2) is 48.6 Å². The van der Waals surface area contributed by atoms with Crippen LogP contribution in [0.5, 0.6) is 0 Å². The number of hydrogen-bond donors (Lipinski definition) is 3. The van der Waals surface area contributed by atoms with Crippen LogP contribution in [0.4, 0.5) is 0 Å². The van der Waals surface area contributed by atoms with Crippen LogP contribution in [0.25, 0.3) is 0 Å². The molecule has 0 aliphatic heterocycles. The Morgan fingerprint density at radius 3 is 1.73 bits per heavy atom. The number of carbonyl (C=O) groups excluding carboxylic acids is 6. The molecule has 4 atom stereocenters. The Bertz CT molecular complexity index is 1390. The van der Waals surface area contributed by atoms with E-state index in [1.165, 1.54) is 31.2 Å². The first-order valence-corrected chi connectivity index (χ1v) is 24.6. The van der Waals surface area contributed by atoms with Crippen LogP contribution < -0.4 is 5.73 Å². The van der Waals surface area contributed by atoms with Crippen molar-refractivity contribution in [2.45, 2.75) is 206 Å². The summed E-state index contributed by atoms with van der Waals surface area (Å²) in [5.41, 5.74) is 4.58. The van der Waals surface area contributed by atoms with Crippen LogP contribution in [-0.4, -0.2) is 77.0 Å². The van der Waals surface area contributed by atoms with Gasteiger partial charge in [0.2, 0.25) is 0 Å². The van der Waals surface area contributed by atoms with Gasteiger partial charge in [0, 0.05) is 42.1 Å². The fourth-order valence-electron chi connectivity index (χ4n) is 7.63. The monoisotopic (exact) mass is 901 g/mol. The molecule has 0 rings (SSSR count). The van der Waals surface area contributed by atoms with Gasteiger partial charge in [-0.05, 0) is 123 Å². The number of aliphatic hydroxyl groups is 2. The highest BCUT2D eigenvalue weighted by molar-refractivity contribution is 5.92. The number of hydroxylamine groups is 2. The average Bonchev–Trinajstić information content (AvgIpc) is 3.27. The number of ether oxygens (including phenoxy) is 1. The number of unbranched alkanes of at least 4 members (excludes halogenated alkanes) is 13. The second-order valence-electron chi connectivity index (χ2n) is 17.7. The summed E-state index contributed by atoms with van der Waals surface area (Å²) in [4.78, 5) is 79.8. The van der Waals surface area contributed by atoms with Gasteiger partial charge in [0.25, 0.3) is 11.8 Å².